The fourth-order valence-corrected chi connectivity index (χ4v) is 1.79. The maximum atomic E-state index is 12.4. The van der Waals surface area contributed by atoms with E-state index < -0.39 is 22.3 Å². The molecule has 110 valence electrons. The minimum Gasteiger partial charge on any atom is -0.502 e. The highest BCUT2D eigenvalue weighted by molar-refractivity contribution is 5.98. The fraction of sp³-hybridized carbons (Fsp3) is 0.462. The van der Waals surface area contributed by atoms with Gasteiger partial charge in [-0.2, -0.15) is 0 Å². The van der Waals surface area contributed by atoms with Crippen molar-refractivity contribution in [3.05, 3.63) is 33.9 Å². The van der Waals surface area contributed by atoms with E-state index in [-0.39, 0.29) is 11.6 Å². The first-order chi connectivity index (χ1) is 9.40. The molecule has 0 atom stereocenters. The van der Waals surface area contributed by atoms with Crippen LogP contribution < -0.4 is 0 Å². The molecule has 20 heavy (non-hydrogen) atoms. The second-order valence-corrected chi connectivity index (χ2v) is 4.52. The number of phenols is 1. The Hall–Kier alpha value is -2.15. The molecule has 0 aliphatic carbocycles. The van der Waals surface area contributed by atoms with E-state index >= 15 is 0 Å². The van der Waals surface area contributed by atoms with Crippen molar-refractivity contribution in [2.24, 2.45) is 0 Å². The molecular formula is C13H18N2O5. The van der Waals surface area contributed by atoms with E-state index in [4.69, 9.17) is 4.74 Å². The zero-order valence-electron chi connectivity index (χ0n) is 11.7. The number of nitrogens with zero attached hydrogens (tertiary/aromatic N) is 2. The number of hydrogen-bond donors (Lipinski definition) is 1. The Morgan fingerprint density at radius 3 is 2.65 bits per heavy atom. The van der Waals surface area contributed by atoms with Gasteiger partial charge in [0, 0.05) is 25.8 Å². The number of rotatable bonds is 6. The topological polar surface area (TPSA) is 92.9 Å². The maximum Gasteiger partial charge on any atom is 0.311 e. The largest absolute Gasteiger partial charge is 0.502 e. The van der Waals surface area contributed by atoms with Gasteiger partial charge in [-0.05, 0) is 19.9 Å². The van der Waals surface area contributed by atoms with Crippen LogP contribution in [-0.4, -0.2) is 47.1 Å². The first-order valence-corrected chi connectivity index (χ1v) is 6.16. The average molecular weight is 282 g/mol. The summed E-state index contributed by atoms with van der Waals surface area (Å²) in [4.78, 5) is 23.9. The van der Waals surface area contributed by atoms with Crippen LogP contribution in [0.1, 0.15) is 24.2 Å². The summed E-state index contributed by atoms with van der Waals surface area (Å²) in [6.07, 6.45) is 0. The van der Waals surface area contributed by atoms with Crippen LogP contribution in [0.25, 0.3) is 0 Å². The molecule has 0 unspecified atom stereocenters. The molecular weight excluding hydrogens is 264 g/mol. The van der Waals surface area contributed by atoms with Gasteiger partial charge in [0.05, 0.1) is 17.1 Å². The van der Waals surface area contributed by atoms with Gasteiger partial charge in [-0.15, -0.1) is 0 Å². The molecule has 0 aliphatic rings. The van der Waals surface area contributed by atoms with Gasteiger partial charge >= 0.3 is 5.69 Å². The molecule has 0 radical (unpaired) electrons. The predicted octanol–water partition coefficient (Wildman–Crippen LogP) is 1.80. The molecule has 1 aromatic rings. The Balaban J connectivity index is 3.12. The second-order valence-electron chi connectivity index (χ2n) is 4.52. The number of benzene rings is 1. The summed E-state index contributed by atoms with van der Waals surface area (Å²) in [6, 6.07) is 3.78. The average Bonchev–Trinajstić information content (AvgIpc) is 2.38. The summed E-state index contributed by atoms with van der Waals surface area (Å²) in [5.74, 6) is -1.07. The van der Waals surface area contributed by atoms with E-state index in [0.29, 0.717) is 13.2 Å². The number of nitro benzene ring substituents is 1. The maximum absolute atomic E-state index is 12.4. The molecule has 0 bridgehead atoms. The van der Waals surface area contributed by atoms with Crippen molar-refractivity contribution >= 4 is 11.6 Å². The minimum absolute atomic E-state index is 0.0796. The van der Waals surface area contributed by atoms with E-state index in [2.05, 4.69) is 0 Å². The van der Waals surface area contributed by atoms with Crippen LogP contribution in [-0.2, 0) is 4.74 Å². The van der Waals surface area contributed by atoms with Crippen LogP contribution in [0, 0.1) is 10.1 Å². The highest BCUT2D eigenvalue weighted by Crippen LogP contribution is 2.30. The van der Waals surface area contributed by atoms with Crippen molar-refractivity contribution < 1.29 is 19.6 Å². The summed E-state index contributed by atoms with van der Waals surface area (Å²) >= 11 is 0. The summed E-state index contributed by atoms with van der Waals surface area (Å²) in [5, 5.41) is 20.6. The van der Waals surface area contributed by atoms with Crippen LogP contribution in [0.15, 0.2) is 18.2 Å². The molecule has 1 rings (SSSR count). The second kappa shape index (κ2) is 6.85. The number of aromatic hydroxyl groups is 1. The molecule has 0 saturated carbocycles. The molecule has 0 aromatic heterocycles. The lowest BCUT2D eigenvalue weighted by molar-refractivity contribution is -0.385. The number of carbonyl (C=O) groups is 1. The normalized spacial score (nSPS) is 10.6. The lowest BCUT2D eigenvalue weighted by Crippen LogP contribution is -2.39. The Bertz CT molecular complexity index is 502. The van der Waals surface area contributed by atoms with Gasteiger partial charge in [0.25, 0.3) is 5.91 Å². The smallest absolute Gasteiger partial charge is 0.311 e. The Kier molecular flexibility index (Phi) is 5.45. The number of ether oxygens (including phenoxy) is 1. The predicted molar refractivity (Wildman–Crippen MR) is 72.8 cm³/mol. The van der Waals surface area contributed by atoms with Crippen LogP contribution in [0.5, 0.6) is 5.75 Å². The zero-order valence-corrected chi connectivity index (χ0v) is 11.7. The van der Waals surface area contributed by atoms with Gasteiger partial charge in [0.15, 0.2) is 0 Å². The number of carbonyl (C=O) groups excluding carboxylic acids is 1. The number of nitro groups is 1. The van der Waals surface area contributed by atoms with Crippen LogP contribution >= 0.6 is 0 Å². The van der Waals surface area contributed by atoms with Crippen molar-refractivity contribution in [1.29, 1.82) is 0 Å². The van der Waals surface area contributed by atoms with Crippen LogP contribution in [0.4, 0.5) is 5.69 Å². The third-order valence-corrected chi connectivity index (χ3v) is 2.86. The number of phenolic OH excluding ortho intramolecular Hbond substituents is 1. The number of hydrogen-bond acceptors (Lipinski definition) is 5. The molecule has 0 spiro atoms. The first kappa shape index (κ1) is 15.9. The monoisotopic (exact) mass is 282 g/mol. The molecule has 0 fully saturated rings. The molecule has 0 aliphatic heterocycles. The third-order valence-electron chi connectivity index (χ3n) is 2.86. The van der Waals surface area contributed by atoms with Crippen molar-refractivity contribution in [3.8, 4) is 5.75 Å². The van der Waals surface area contributed by atoms with Gasteiger partial charge in [0.1, 0.15) is 0 Å². The number of methoxy groups -OCH3 is 1. The van der Waals surface area contributed by atoms with Crippen molar-refractivity contribution in [2.75, 3.05) is 20.3 Å². The quantitative estimate of drug-likeness (QED) is 0.634. The standard InChI is InChI=1S/C13H18N2O5/c1-9(2)14(7-8-20-3)13(17)10-5-4-6-11(12(10)16)15(18)19/h4-6,9,16H,7-8H2,1-3H3. The van der Waals surface area contributed by atoms with Gasteiger partial charge in [-0.25, -0.2) is 0 Å². The van der Waals surface area contributed by atoms with E-state index in [1.165, 1.54) is 24.1 Å². The lowest BCUT2D eigenvalue weighted by Gasteiger charge is -2.26. The van der Waals surface area contributed by atoms with E-state index in [1.807, 2.05) is 13.8 Å². The summed E-state index contributed by atoms with van der Waals surface area (Å²) in [7, 11) is 1.52. The zero-order chi connectivity index (χ0) is 15.3. The van der Waals surface area contributed by atoms with Crippen LogP contribution in [0.2, 0.25) is 0 Å². The van der Waals surface area contributed by atoms with Crippen molar-refractivity contribution in [3.63, 3.8) is 0 Å². The first-order valence-electron chi connectivity index (χ1n) is 6.16. The molecule has 1 N–H and O–H groups in total. The van der Waals surface area contributed by atoms with Crippen molar-refractivity contribution in [2.45, 2.75) is 19.9 Å². The van der Waals surface area contributed by atoms with E-state index in [9.17, 15) is 20.0 Å². The Morgan fingerprint density at radius 1 is 1.50 bits per heavy atom. The minimum atomic E-state index is -0.721. The van der Waals surface area contributed by atoms with E-state index in [1.54, 1.807) is 0 Å². The summed E-state index contributed by atoms with van der Waals surface area (Å²) < 4.78 is 4.94. The Labute approximate surface area is 116 Å². The highest BCUT2D eigenvalue weighted by Gasteiger charge is 2.25. The molecule has 7 heteroatoms. The fourth-order valence-electron chi connectivity index (χ4n) is 1.79. The molecule has 1 aromatic carbocycles. The van der Waals surface area contributed by atoms with Gasteiger partial charge in [0.2, 0.25) is 5.75 Å². The molecule has 0 saturated heterocycles. The lowest BCUT2D eigenvalue weighted by atomic mass is 10.1. The highest BCUT2D eigenvalue weighted by atomic mass is 16.6. The number of para-hydroxylation sites is 1. The molecule has 0 heterocycles. The SMILES string of the molecule is COCCN(C(=O)c1cccc([N+](=O)[O-])c1O)C(C)C. The van der Waals surface area contributed by atoms with Crippen LogP contribution in [0.3, 0.4) is 0 Å². The Morgan fingerprint density at radius 2 is 2.15 bits per heavy atom. The van der Waals surface area contributed by atoms with Gasteiger partial charge in [-0.1, -0.05) is 6.07 Å². The summed E-state index contributed by atoms with van der Waals surface area (Å²) in [5.41, 5.74) is -0.560. The van der Waals surface area contributed by atoms with Gasteiger partial charge in [-0.3, -0.25) is 14.9 Å². The summed E-state index contributed by atoms with van der Waals surface area (Å²) in [6.45, 7) is 4.33. The van der Waals surface area contributed by atoms with Crippen molar-refractivity contribution in [1.82, 2.24) is 4.90 Å². The number of amides is 1. The third kappa shape index (κ3) is 3.45. The molecule has 1 amide bonds. The van der Waals surface area contributed by atoms with E-state index in [0.717, 1.165) is 6.07 Å². The molecule has 7 nitrogen and oxygen atoms in total. The van der Waals surface area contributed by atoms with Gasteiger partial charge < -0.3 is 14.7 Å².